The third-order valence-electron chi connectivity index (χ3n) is 3.89. The monoisotopic (exact) mass is 373 g/mol. The van der Waals surface area contributed by atoms with Gasteiger partial charge in [-0.25, -0.2) is 14.3 Å². The molecule has 0 spiro atoms. The van der Waals surface area contributed by atoms with Crippen molar-refractivity contribution in [1.29, 1.82) is 0 Å². The molecule has 0 bridgehead atoms. The summed E-state index contributed by atoms with van der Waals surface area (Å²) in [7, 11) is 0. The molecule has 2 rings (SSSR count). The highest BCUT2D eigenvalue weighted by Crippen LogP contribution is 2.27. The Labute approximate surface area is 146 Å². The summed E-state index contributed by atoms with van der Waals surface area (Å²) in [5, 5.41) is 14.8. The Morgan fingerprint density at radius 2 is 1.81 bits per heavy atom. The van der Waals surface area contributed by atoms with Crippen LogP contribution in [0.5, 0.6) is 0 Å². The SMILES string of the molecule is Cc1nc2nc(C(F)(F)F)nn2c(C)c1CCC(=O)NC(C)(C)C(=O)O. The normalized spacial score (nSPS) is 12.4. The van der Waals surface area contributed by atoms with Crippen molar-refractivity contribution in [2.45, 2.75) is 52.3 Å². The smallest absolute Gasteiger partial charge is 0.453 e. The van der Waals surface area contributed by atoms with E-state index in [1.165, 1.54) is 13.8 Å². The maximum atomic E-state index is 12.8. The molecule has 1 amide bonds. The molecule has 0 aliphatic carbocycles. The van der Waals surface area contributed by atoms with Gasteiger partial charge >= 0.3 is 12.1 Å². The summed E-state index contributed by atoms with van der Waals surface area (Å²) in [4.78, 5) is 30.4. The molecule has 0 atom stereocenters. The van der Waals surface area contributed by atoms with E-state index in [4.69, 9.17) is 5.11 Å². The number of amides is 1. The van der Waals surface area contributed by atoms with E-state index in [-0.39, 0.29) is 18.6 Å². The second-order valence-electron chi connectivity index (χ2n) is 6.38. The van der Waals surface area contributed by atoms with Crippen LogP contribution in [0.4, 0.5) is 13.2 Å². The minimum Gasteiger partial charge on any atom is -0.480 e. The van der Waals surface area contributed by atoms with E-state index in [2.05, 4.69) is 20.4 Å². The fourth-order valence-corrected chi connectivity index (χ4v) is 2.39. The Bertz CT molecular complexity index is 874. The topological polar surface area (TPSA) is 109 Å². The summed E-state index contributed by atoms with van der Waals surface area (Å²) in [6.45, 7) is 5.87. The zero-order valence-corrected chi connectivity index (χ0v) is 14.6. The summed E-state index contributed by atoms with van der Waals surface area (Å²) < 4.78 is 39.3. The molecule has 0 unspecified atom stereocenters. The maximum Gasteiger partial charge on any atom is 0.453 e. The lowest BCUT2D eigenvalue weighted by atomic mass is 10.0. The number of fused-ring (bicyclic) bond motifs is 1. The van der Waals surface area contributed by atoms with Crippen LogP contribution in [0, 0.1) is 13.8 Å². The summed E-state index contributed by atoms with van der Waals surface area (Å²) in [6.07, 6.45) is -4.56. The molecule has 0 aliphatic rings. The molecule has 0 saturated carbocycles. The molecule has 0 saturated heterocycles. The molecule has 2 aromatic rings. The van der Waals surface area contributed by atoms with Crippen LogP contribution in [0.3, 0.4) is 0 Å². The van der Waals surface area contributed by atoms with Gasteiger partial charge in [0.1, 0.15) is 5.54 Å². The molecule has 0 aromatic carbocycles. The van der Waals surface area contributed by atoms with Gasteiger partial charge in [0.05, 0.1) is 0 Å². The number of carbonyl (C=O) groups is 2. The summed E-state index contributed by atoms with van der Waals surface area (Å²) in [5.41, 5.74) is -0.0433. The Balaban J connectivity index is 2.25. The number of halogens is 3. The van der Waals surface area contributed by atoms with Crippen LogP contribution >= 0.6 is 0 Å². The van der Waals surface area contributed by atoms with Crippen LogP contribution < -0.4 is 5.32 Å². The number of alkyl halides is 3. The van der Waals surface area contributed by atoms with Crippen LogP contribution in [0.25, 0.3) is 5.78 Å². The maximum absolute atomic E-state index is 12.8. The van der Waals surface area contributed by atoms with Crippen LogP contribution in [0.1, 0.15) is 43.0 Å². The van der Waals surface area contributed by atoms with Crippen molar-refractivity contribution >= 4 is 17.7 Å². The lowest BCUT2D eigenvalue weighted by Gasteiger charge is -2.21. The lowest BCUT2D eigenvalue weighted by Crippen LogP contribution is -2.49. The van der Waals surface area contributed by atoms with E-state index in [0.29, 0.717) is 17.0 Å². The van der Waals surface area contributed by atoms with Crippen LogP contribution in [0.15, 0.2) is 0 Å². The van der Waals surface area contributed by atoms with Crippen molar-refractivity contribution in [2.24, 2.45) is 0 Å². The van der Waals surface area contributed by atoms with Gasteiger partial charge in [-0.3, -0.25) is 4.79 Å². The van der Waals surface area contributed by atoms with Gasteiger partial charge in [-0.1, -0.05) is 0 Å². The third kappa shape index (κ3) is 3.92. The Morgan fingerprint density at radius 1 is 1.19 bits per heavy atom. The van der Waals surface area contributed by atoms with Crippen molar-refractivity contribution in [3.05, 3.63) is 22.8 Å². The first-order valence-electron chi connectivity index (χ1n) is 7.67. The quantitative estimate of drug-likeness (QED) is 0.825. The minimum atomic E-state index is -4.68. The van der Waals surface area contributed by atoms with Gasteiger partial charge in [0.15, 0.2) is 0 Å². The van der Waals surface area contributed by atoms with E-state index in [1.807, 2.05) is 0 Å². The predicted molar refractivity (Wildman–Crippen MR) is 83.4 cm³/mol. The van der Waals surface area contributed by atoms with Crippen molar-refractivity contribution in [2.75, 3.05) is 0 Å². The first-order valence-corrected chi connectivity index (χ1v) is 7.67. The largest absolute Gasteiger partial charge is 0.480 e. The molecule has 2 heterocycles. The molecule has 8 nitrogen and oxygen atoms in total. The molecular formula is C15H18F3N5O3. The van der Waals surface area contributed by atoms with E-state index in [0.717, 1.165) is 4.52 Å². The number of rotatable bonds is 5. The summed E-state index contributed by atoms with van der Waals surface area (Å²) in [5.74, 6) is -3.13. The third-order valence-corrected chi connectivity index (χ3v) is 3.89. The molecule has 0 aliphatic heterocycles. The number of hydrogen-bond donors (Lipinski definition) is 2. The molecule has 142 valence electrons. The highest BCUT2D eigenvalue weighted by Gasteiger charge is 2.37. The summed E-state index contributed by atoms with van der Waals surface area (Å²) in [6, 6.07) is 0. The number of nitrogens with one attached hydrogen (secondary N) is 1. The van der Waals surface area contributed by atoms with Crippen molar-refractivity contribution < 1.29 is 27.9 Å². The molecule has 2 aromatic heterocycles. The molecule has 26 heavy (non-hydrogen) atoms. The van der Waals surface area contributed by atoms with Gasteiger partial charge in [0.2, 0.25) is 5.91 Å². The number of carboxylic acid groups (broad SMARTS) is 1. The average molecular weight is 373 g/mol. The van der Waals surface area contributed by atoms with Crippen LogP contribution in [-0.4, -0.2) is 42.1 Å². The highest BCUT2D eigenvalue weighted by molar-refractivity contribution is 5.86. The second kappa shape index (κ2) is 6.54. The number of nitrogens with zero attached hydrogens (tertiary/aromatic N) is 4. The Morgan fingerprint density at radius 3 is 2.35 bits per heavy atom. The van der Waals surface area contributed by atoms with E-state index >= 15 is 0 Å². The molecule has 0 radical (unpaired) electrons. The number of carboxylic acids is 1. The number of aliphatic carboxylic acids is 1. The first-order chi connectivity index (χ1) is 11.8. The van der Waals surface area contributed by atoms with Gasteiger partial charge in [0.25, 0.3) is 11.6 Å². The number of aromatic nitrogens is 4. The zero-order valence-electron chi connectivity index (χ0n) is 14.6. The Kier molecular flexibility index (Phi) is 4.93. The standard InChI is InChI=1S/C15H18F3N5O3/c1-7-9(5-6-10(24)21-14(3,4)12(25)26)8(2)23-13(19-7)20-11(22-23)15(16,17)18/h5-6H2,1-4H3,(H,21,24)(H,25,26). The van der Waals surface area contributed by atoms with Gasteiger partial charge in [0, 0.05) is 17.8 Å². The fraction of sp³-hybridized carbons (Fsp3) is 0.533. The summed E-state index contributed by atoms with van der Waals surface area (Å²) >= 11 is 0. The fourth-order valence-electron chi connectivity index (χ4n) is 2.39. The zero-order chi connectivity index (χ0) is 19.9. The van der Waals surface area contributed by atoms with E-state index in [1.54, 1.807) is 13.8 Å². The van der Waals surface area contributed by atoms with Gasteiger partial charge in [-0.15, -0.1) is 5.10 Å². The molecule has 0 fully saturated rings. The lowest BCUT2D eigenvalue weighted by molar-refractivity contribution is -0.146. The molecular weight excluding hydrogens is 355 g/mol. The Hall–Kier alpha value is -2.72. The van der Waals surface area contributed by atoms with Crippen molar-refractivity contribution in [3.8, 4) is 0 Å². The predicted octanol–water partition coefficient (Wildman–Crippen LogP) is 1.67. The van der Waals surface area contributed by atoms with Crippen molar-refractivity contribution in [3.63, 3.8) is 0 Å². The number of aryl methyl sites for hydroxylation is 2. The second-order valence-corrected chi connectivity index (χ2v) is 6.38. The van der Waals surface area contributed by atoms with E-state index < -0.39 is 29.4 Å². The van der Waals surface area contributed by atoms with Crippen LogP contribution in [-0.2, 0) is 22.2 Å². The molecule has 11 heteroatoms. The van der Waals surface area contributed by atoms with Crippen LogP contribution in [0.2, 0.25) is 0 Å². The van der Waals surface area contributed by atoms with Gasteiger partial charge in [-0.2, -0.15) is 18.2 Å². The van der Waals surface area contributed by atoms with Gasteiger partial charge < -0.3 is 10.4 Å². The van der Waals surface area contributed by atoms with E-state index in [9.17, 15) is 22.8 Å². The molecule has 2 N–H and O–H groups in total. The van der Waals surface area contributed by atoms with Gasteiger partial charge in [-0.05, 0) is 39.7 Å². The first kappa shape index (κ1) is 19.6. The number of hydrogen-bond acceptors (Lipinski definition) is 5. The van der Waals surface area contributed by atoms with Crippen molar-refractivity contribution in [1.82, 2.24) is 24.9 Å². The highest BCUT2D eigenvalue weighted by atomic mass is 19.4. The average Bonchev–Trinajstić information content (AvgIpc) is 2.90. The number of carbonyl (C=O) groups excluding carboxylic acids is 1. The minimum absolute atomic E-state index is 0.0492.